The molecule has 0 bridgehead atoms. The van der Waals surface area contributed by atoms with Crippen molar-refractivity contribution in [3.05, 3.63) is 70.3 Å². The van der Waals surface area contributed by atoms with Gasteiger partial charge in [0.05, 0.1) is 43.0 Å². The minimum atomic E-state index is -0.609. The highest BCUT2D eigenvalue weighted by Gasteiger charge is 2.29. The number of amides is 2. The number of furan rings is 1. The second kappa shape index (κ2) is 13.3. The molecule has 1 aliphatic rings. The van der Waals surface area contributed by atoms with Gasteiger partial charge in [-0.05, 0) is 69.4 Å². The molecule has 0 fully saturated rings. The van der Waals surface area contributed by atoms with E-state index >= 15 is 0 Å². The first-order valence-corrected chi connectivity index (χ1v) is 15.3. The van der Waals surface area contributed by atoms with Gasteiger partial charge in [0.15, 0.2) is 16.7 Å². The van der Waals surface area contributed by atoms with Crippen molar-refractivity contribution >= 4 is 45.9 Å². The van der Waals surface area contributed by atoms with Crippen molar-refractivity contribution in [1.29, 1.82) is 0 Å². The van der Waals surface area contributed by atoms with E-state index in [-0.39, 0.29) is 24.8 Å². The smallest absolute Gasteiger partial charge is 0.341 e. The van der Waals surface area contributed by atoms with Crippen LogP contribution in [0.25, 0.3) is 5.69 Å². The van der Waals surface area contributed by atoms with Crippen molar-refractivity contribution in [3.63, 3.8) is 0 Å². The number of hydrogen-bond acceptors (Lipinski definition) is 10. The Bertz CT molecular complexity index is 1580. The highest BCUT2D eigenvalue weighted by Crippen LogP contribution is 2.39. The molecule has 0 spiro atoms. The predicted octanol–water partition coefficient (Wildman–Crippen LogP) is 5.04. The van der Waals surface area contributed by atoms with E-state index in [1.807, 2.05) is 18.2 Å². The van der Waals surface area contributed by atoms with Gasteiger partial charge in [0.25, 0.3) is 5.91 Å². The van der Waals surface area contributed by atoms with Crippen molar-refractivity contribution < 1.29 is 28.3 Å². The number of benzene rings is 1. The number of para-hydroxylation sites is 2. The monoisotopic (exact) mass is 609 g/mol. The Labute approximate surface area is 251 Å². The second-order valence-corrected chi connectivity index (χ2v) is 11.9. The van der Waals surface area contributed by atoms with E-state index in [9.17, 15) is 14.4 Å². The summed E-state index contributed by atoms with van der Waals surface area (Å²) in [7, 11) is 1.56. The van der Waals surface area contributed by atoms with Crippen molar-refractivity contribution in [2.24, 2.45) is 0 Å². The zero-order valence-electron chi connectivity index (χ0n) is 23.5. The number of rotatable bonds is 11. The van der Waals surface area contributed by atoms with Crippen LogP contribution in [0.5, 0.6) is 5.75 Å². The SMILES string of the molecule is CCOC(=O)c1c(NC(=O)[C@@H](C)Sc2nnc(CNC(=O)c3ccco3)n2-c2ccccc2OC)sc2c1CCCC2. The summed E-state index contributed by atoms with van der Waals surface area (Å²) >= 11 is 2.65. The first-order chi connectivity index (χ1) is 20.4. The molecule has 0 saturated carbocycles. The van der Waals surface area contributed by atoms with Gasteiger partial charge in [-0.25, -0.2) is 4.79 Å². The summed E-state index contributed by atoms with van der Waals surface area (Å²) in [5, 5.41) is 14.8. The lowest BCUT2D eigenvalue weighted by atomic mass is 9.95. The molecular formula is C29H31N5O6S2. The number of thiophene rings is 1. The Morgan fingerprint density at radius 1 is 1.14 bits per heavy atom. The molecule has 0 radical (unpaired) electrons. The zero-order valence-corrected chi connectivity index (χ0v) is 25.1. The van der Waals surface area contributed by atoms with Crippen LogP contribution in [0.1, 0.15) is 63.9 Å². The minimum Gasteiger partial charge on any atom is -0.495 e. The lowest BCUT2D eigenvalue weighted by molar-refractivity contribution is -0.115. The van der Waals surface area contributed by atoms with Crippen molar-refractivity contribution in [3.8, 4) is 11.4 Å². The molecule has 0 saturated heterocycles. The molecule has 42 heavy (non-hydrogen) atoms. The van der Waals surface area contributed by atoms with E-state index in [4.69, 9.17) is 13.9 Å². The standard InChI is InChI=1S/C29H31N5O6S2/c1-4-39-28(37)24-18-10-5-8-14-22(18)42-27(24)31-25(35)17(2)41-29-33-32-23(16-30-26(36)21-13-9-15-40-21)34(29)19-11-6-7-12-20(19)38-3/h6-7,9,11-13,15,17H,4-5,8,10,14,16H2,1-3H3,(H,30,36)(H,31,35)/t17-/m1/s1. The van der Waals surface area contributed by atoms with Crippen molar-refractivity contribution in [1.82, 2.24) is 20.1 Å². The van der Waals surface area contributed by atoms with Gasteiger partial charge in [-0.2, -0.15) is 0 Å². The number of methoxy groups -OCH3 is 1. The summed E-state index contributed by atoms with van der Waals surface area (Å²) in [5.41, 5.74) is 2.10. The molecule has 2 amide bonds. The van der Waals surface area contributed by atoms with Crippen LogP contribution >= 0.6 is 23.1 Å². The van der Waals surface area contributed by atoms with Gasteiger partial charge < -0.3 is 24.5 Å². The molecule has 1 aromatic carbocycles. The third-order valence-electron chi connectivity index (χ3n) is 6.72. The molecule has 13 heteroatoms. The van der Waals surface area contributed by atoms with Crippen LogP contribution in [-0.2, 0) is 28.9 Å². The fourth-order valence-electron chi connectivity index (χ4n) is 4.70. The van der Waals surface area contributed by atoms with E-state index in [0.29, 0.717) is 33.0 Å². The number of aromatic nitrogens is 3. The number of anilines is 1. The number of carbonyl (C=O) groups is 3. The predicted molar refractivity (Wildman–Crippen MR) is 159 cm³/mol. The average Bonchev–Trinajstić information content (AvgIpc) is 3.75. The molecule has 3 aromatic heterocycles. The van der Waals surface area contributed by atoms with Crippen LogP contribution in [0.2, 0.25) is 0 Å². The summed E-state index contributed by atoms with van der Waals surface area (Å²) < 4.78 is 17.8. The largest absolute Gasteiger partial charge is 0.495 e. The topological polar surface area (TPSA) is 138 Å². The molecule has 0 aliphatic heterocycles. The Morgan fingerprint density at radius 3 is 2.71 bits per heavy atom. The minimum absolute atomic E-state index is 0.0510. The van der Waals surface area contributed by atoms with Crippen LogP contribution in [0.15, 0.2) is 52.2 Å². The first-order valence-electron chi connectivity index (χ1n) is 13.6. The fourth-order valence-corrected chi connectivity index (χ4v) is 6.86. The number of aryl methyl sites for hydroxylation is 1. The van der Waals surface area contributed by atoms with E-state index in [1.54, 1.807) is 43.7 Å². The van der Waals surface area contributed by atoms with Gasteiger partial charge in [-0.1, -0.05) is 23.9 Å². The van der Waals surface area contributed by atoms with E-state index in [0.717, 1.165) is 36.1 Å². The summed E-state index contributed by atoms with van der Waals surface area (Å²) in [6.45, 7) is 3.83. The number of nitrogens with one attached hydrogen (secondary N) is 2. The molecular weight excluding hydrogens is 578 g/mol. The number of esters is 1. The highest BCUT2D eigenvalue weighted by molar-refractivity contribution is 8.00. The third-order valence-corrected chi connectivity index (χ3v) is 8.97. The van der Waals surface area contributed by atoms with Crippen LogP contribution in [0.4, 0.5) is 5.00 Å². The van der Waals surface area contributed by atoms with Crippen molar-refractivity contribution in [2.75, 3.05) is 19.0 Å². The van der Waals surface area contributed by atoms with Gasteiger partial charge in [0, 0.05) is 4.88 Å². The Balaban J connectivity index is 1.39. The molecule has 0 unspecified atom stereocenters. The fraction of sp³-hybridized carbons (Fsp3) is 0.345. The first kappa shape index (κ1) is 29.4. The molecule has 220 valence electrons. The maximum Gasteiger partial charge on any atom is 0.341 e. The quantitative estimate of drug-likeness (QED) is 0.177. The van der Waals surface area contributed by atoms with Crippen LogP contribution in [0.3, 0.4) is 0 Å². The Kier molecular flexibility index (Phi) is 9.28. The van der Waals surface area contributed by atoms with Gasteiger partial charge in [-0.3, -0.25) is 14.2 Å². The van der Waals surface area contributed by atoms with E-state index in [1.165, 1.54) is 29.4 Å². The van der Waals surface area contributed by atoms with Gasteiger partial charge >= 0.3 is 5.97 Å². The van der Waals surface area contributed by atoms with Gasteiger partial charge in [-0.15, -0.1) is 21.5 Å². The summed E-state index contributed by atoms with van der Waals surface area (Å²) in [6.07, 6.45) is 5.15. The normalized spacial score (nSPS) is 13.2. The van der Waals surface area contributed by atoms with Crippen LogP contribution < -0.4 is 15.4 Å². The van der Waals surface area contributed by atoms with Gasteiger partial charge in [0.1, 0.15) is 10.8 Å². The summed E-state index contributed by atoms with van der Waals surface area (Å²) in [5.74, 6) is 0.0856. The molecule has 1 aliphatic carbocycles. The summed E-state index contributed by atoms with van der Waals surface area (Å²) in [6, 6.07) is 10.5. The van der Waals surface area contributed by atoms with E-state index in [2.05, 4.69) is 20.8 Å². The molecule has 2 N–H and O–H groups in total. The number of hydrogen-bond donors (Lipinski definition) is 2. The molecule has 4 aromatic rings. The number of thioether (sulfide) groups is 1. The maximum atomic E-state index is 13.5. The molecule has 11 nitrogen and oxygen atoms in total. The number of carbonyl (C=O) groups excluding carboxylic acids is 3. The second-order valence-electron chi connectivity index (χ2n) is 9.45. The van der Waals surface area contributed by atoms with E-state index < -0.39 is 17.1 Å². The number of nitrogens with zero attached hydrogens (tertiary/aromatic N) is 3. The maximum absolute atomic E-state index is 13.5. The number of fused-ring (bicyclic) bond motifs is 1. The molecule has 1 atom stereocenters. The number of ether oxygens (including phenoxy) is 2. The summed E-state index contributed by atoms with van der Waals surface area (Å²) in [4.78, 5) is 39.9. The Morgan fingerprint density at radius 2 is 1.95 bits per heavy atom. The lowest BCUT2D eigenvalue weighted by Crippen LogP contribution is -2.25. The Hall–Kier alpha value is -4.10. The van der Waals surface area contributed by atoms with Gasteiger partial charge in [0.2, 0.25) is 5.91 Å². The zero-order chi connectivity index (χ0) is 29.6. The molecule has 3 heterocycles. The van der Waals surface area contributed by atoms with Crippen molar-refractivity contribution in [2.45, 2.75) is 56.5 Å². The average molecular weight is 610 g/mol. The third kappa shape index (κ3) is 6.21. The molecule has 5 rings (SSSR count). The lowest BCUT2D eigenvalue weighted by Gasteiger charge is -2.16. The highest BCUT2D eigenvalue weighted by atomic mass is 32.2. The van der Waals surface area contributed by atoms with Crippen LogP contribution in [-0.4, -0.2) is 51.5 Å². The van der Waals surface area contributed by atoms with Crippen LogP contribution in [0, 0.1) is 0 Å².